The maximum atomic E-state index is 12.9. The second-order valence-electron chi connectivity index (χ2n) is 6.02. The zero-order valence-electron chi connectivity index (χ0n) is 14.6. The quantitative estimate of drug-likeness (QED) is 0.190. The molecule has 2 aromatic carbocycles. The highest BCUT2D eigenvalue weighted by atomic mass is 127. The van der Waals surface area contributed by atoms with Gasteiger partial charge in [-0.3, -0.25) is 25.0 Å². The standard InChI is InChI=1S/C18H11BrIN3O6/c1-8-4-10(2-3-12(8)19)22-17(26)11(16(25)21-18(22)27)5-9-6-13(20)15(24)14(7-9)23(28)29/h2-7,24H,1H3,(H,21,25,27)/b11-5+. The van der Waals surface area contributed by atoms with Crippen LogP contribution < -0.4 is 10.2 Å². The van der Waals surface area contributed by atoms with Gasteiger partial charge in [0.15, 0.2) is 0 Å². The van der Waals surface area contributed by atoms with Crippen molar-refractivity contribution in [3.05, 3.63) is 65.2 Å². The van der Waals surface area contributed by atoms with E-state index in [0.717, 1.165) is 27.1 Å². The zero-order chi connectivity index (χ0) is 21.5. The van der Waals surface area contributed by atoms with Gasteiger partial charge in [-0.2, -0.15) is 0 Å². The summed E-state index contributed by atoms with van der Waals surface area (Å²) in [6.07, 6.45) is 1.14. The van der Waals surface area contributed by atoms with Gasteiger partial charge in [-0.15, -0.1) is 0 Å². The van der Waals surface area contributed by atoms with Crippen LogP contribution in [0.1, 0.15) is 11.1 Å². The number of carbonyl (C=O) groups is 3. The maximum absolute atomic E-state index is 12.9. The molecule has 4 amide bonds. The summed E-state index contributed by atoms with van der Waals surface area (Å²) in [5.74, 6) is -2.30. The molecular formula is C18H11BrIN3O6. The summed E-state index contributed by atoms with van der Waals surface area (Å²) in [6, 6.07) is 6.32. The van der Waals surface area contributed by atoms with E-state index in [9.17, 15) is 29.6 Å². The number of nitrogens with zero attached hydrogens (tertiary/aromatic N) is 2. The number of urea groups is 1. The molecule has 1 aliphatic rings. The molecule has 1 heterocycles. The molecule has 0 unspecified atom stereocenters. The first-order chi connectivity index (χ1) is 13.6. The number of phenolic OH excluding ortho intramolecular Hbond substituents is 1. The van der Waals surface area contributed by atoms with Crippen LogP contribution in [-0.2, 0) is 9.59 Å². The lowest BCUT2D eigenvalue weighted by Gasteiger charge is -2.26. The van der Waals surface area contributed by atoms with E-state index in [1.165, 1.54) is 12.1 Å². The Kier molecular flexibility index (Phi) is 5.71. The molecule has 0 spiro atoms. The zero-order valence-corrected chi connectivity index (χ0v) is 18.3. The molecule has 2 aromatic rings. The highest BCUT2D eigenvalue weighted by Crippen LogP contribution is 2.33. The second kappa shape index (κ2) is 7.91. The van der Waals surface area contributed by atoms with E-state index in [4.69, 9.17) is 0 Å². The number of amides is 4. The number of rotatable bonds is 3. The van der Waals surface area contributed by atoms with Crippen molar-refractivity contribution >= 4 is 73.8 Å². The number of hydrogen-bond acceptors (Lipinski definition) is 6. The summed E-state index contributed by atoms with van der Waals surface area (Å²) in [5, 5.41) is 23.0. The number of nitro benzene ring substituents is 1. The number of aromatic hydroxyl groups is 1. The molecule has 0 aliphatic carbocycles. The number of halogens is 2. The number of barbiturate groups is 1. The van der Waals surface area contributed by atoms with E-state index in [1.807, 2.05) is 0 Å². The van der Waals surface area contributed by atoms with Gasteiger partial charge in [0.2, 0.25) is 5.75 Å². The van der Waals surface area contributed by atoms with Crippen molar-refractivity contribution in [3.63, 3.8) is 0 Å². The van der Waals surface area contributed by atoms with Crippen molar-refractivity contribution in [1.29, 1.82) is 0 Å². The largest absolute Gasteiger partial charge is 0.501 e. The van der Waals surface area contributed by atoms with Gasteiger partial charge in [-0.25, -0.2) is 9.69 Å². The number of carbonyl (C=O) groups excluding carboxylic acids is 3. The van der Waals surface area contributed by atoms with Crippen molar-refractivity contribution < 1.29 is 24.4 Å². The molecule has 0 radical (unpaired) electrons. The van der Waals surface area contributed by atoms with Gasteiger partial charge in [-0.05, 0) is 71.0 Å². The van der Waals surface area contributed by atoms with Crippen LogP contribution in [0, 0.1) is 20.6 Å². The Hall–Kier alpha value is -2.80. The van der Waals surface area contributed by atoms with Crippen LogP contribution >= 0.6 is 38.5 Å². The minimum Gasteiger partial charge on any atom is -0.501 e. The predicted octanol–water partition coefficient (Wildman–Crippen LogP) is 3.64. The first kappa shape index (κ1) is 20.9. The molecule has 1 fully saturated rings. The maximum Gasteiger partial charge on any atom is 0.335 e. The van der Waals surface area contributed by atoms with Gasteiger partial charge in [0.05, 0.1) is 14.2 Å². The van der Waals surface area contributed by atoms with Gasteiger partial charge in [-0.1, -0.05) is 15.9 Å². The summed E-state index contributed by atoms with van der Waals surface area (Å²) >= 11 is 5.03. The van der Waals surface area contributed by atoms with E-state index in [-0.39, 0.29) is 20.4 Å². The Morgan fingerprint density at radius 3 is 2.55 bits per heavy atom. The summed E-state index contributed by atoms with van der Waals surface area (Å²) < 4.78 is 0.952. The number of phenols is 1. The van der Waals surface area contributed by atoms with Crippen LogP contribution in [-0.4, -0.2) is 27.9 Å². The minimum atomic E-state index is -0.921. The number of imide groups is 2. The number of aryl methyl sites for hydroxylation is 1. The molecule has 2 N–H and O–H groups in total. The van der Waals surface area contributed by atoms with Gasteiger partial charge in [0, 0.05) is 10.5 Å². The van der Waals surface area contributed by atoms with Crippen molar-refractivity contribution in [2.24, 2.45) is 0 Å². The van der Waals surface area contributed by atoms with Gasteiger partial charge in [0.1, 0.15) is 5.57 Å². The van der Waals surface area contributed by atoms with Gasteiger partial charge >= 0.3 is 11.7 Å². The van der Waals surface area contributed by atoms with E-state index in [1.54, 1.807) is 41.6 Å². The molecule has 29 heavy (non-hydrogen) atoms. The molecular weight excluding hydrogens is 561 g/mol. The van der Waals surface area contributed by atoms with Crippen LogP contribution in [0.15, 0.2) is 40.4 Å². The van der Waals surface area contributed by atoms with Crippen molar-refractivity contribution in [3.8, 4) is 5.75 Å². The fourth-order valence-corrected chi connectivity index (χ4v) is 3.54. The molecule has 0 atom stereocenters. The van der Waals surface area contributed by atoms with Gasteiger partial charge in [0.25, 0.3) is 11.8 Å². The highest BCUT2D eigenvalue weighted by Gasteiger charge is 2.37. The number of anilines is 1. The molecule has 11 heteroatoms. The normalized spacial score (nSPS) is 15.6. The van der Waals surface area contributed by atoms with Crippen LogP contribution in [0.3, 0.4) is 0 Å². The van der Waals surface area contributed by atoms with Crippen molar-refractivity contribution in [2.75, 3.05) is 4.90 Å². The number of hydrogen-bond donors (Lipinski definition) is 2. The van der Waals surface area contributed by atoms with E-state index in [2.05, 4.69) is 21.2 Å². The number of nitrogens with one attached hydrogen (secondary N) is 1. The monoisotopic (exact) mass is 571 g/mol. The molecule has 0 saturated carbocycles. The SMILES string of the molecule is Cc1cc(N2C(=O)NC(=O)/C(=C\c3cc(I)c(O)c([N+](=O)[O-])c3)C2=O)ccc1Br. The minimum absolute atomic E-state index is 0.152. The summed E-state index contributed by atoms with van der Waals surface area (Å²) in [7, 11) is 0. The smallest absolute Gasteiger partial charge is 0.335 e. The third kappa shape index (κ3) is 4.00. The first-order valence-electron chi connectivity index (χ1n) is 7.94. The second-order valence-corrected chi connectivity index (χ2v) is 8.04. The van der Waals surface area contributed by atoms with E-state index < -0.39 is 34.2 Å². The van der Waals surface area contributed by atoms with E-state index >= 15 is 0 Å². The number of benzene rings is 2. The topological polar surface area (TPSA) is 130 Å². The lowest BCUT2D eigenvalue weighted by molar-refractivity contribution is -0.386. The Labute approximate surface area is 185 Å². The molecule has 1 saturated heterocycles. The molecule has 9 nitrogen and oxygen atoms in total. The average molecular weight is 572 g/mol. The third-order valence-electron chi connectivity index (χ3n) is 4.07. The Morgan fingerprint density at radius 2 is 1.93 bits per heavy atom. The molecule has 0 bridgehead atoms. The van der Waals surface area contributed by atoms with Crippen LogP contribution in [0.2, 0.25) is 0 Å². The Bertz CT molecular complexity index is 1130. The van der Waals surface area contributed by atoms with Crippen molar-refractivity contribution in [1.82, 2.24) is 5.32 Å². The average Bonchev–Trinajstić information content (AvgIpc) is 2.63. The van der Waals surface area contributed by atoms with Crippen LogP contribution in [0.5, 0.6) is 5.75 Å². The molecule has 0 aromatic heterocycles. The number of nitro groups is 1. The Balaban J connectivity index is 2.08. The van der Waals surface area contributed by atoms with E-state index in [0.29, 0.717) is 0 Å². The summed E-state index contributed by atoms with van der Waals surface area (Å²) in [5.41, 5.74) is 0.246. The fourth-order valence-electron chi connectivity index (χ4n) is 2.65. The fraction of sp³-hybridized carbons (Fsp3) is 0.0556. The lowest BCUT2D eigenvalue weighted by atomic mass is 10.1. The highest BCUT2D eigenvalue weighted by molar-refractivity contribution is 14.1. The lowest BCUT2D eigenvalue weighted by Crippen LogP contribution is -2.54. The van der Waals surface area contributed by atoms with Crippen LogP contribution in [0.4, 0.5) is 16.2 Å². The van der Waals surface area contributed by atoms with Gasteiger partial charge < -0.3 is 5.11 Å². The summed E-state index contributed by atoms with van der Waals surface area (Å²) in [6.45, 7) is 1.78. The third-order valence-corrected chi connectivity index (χ3v) is 5.79. The predicted molar refractivity (Wildman–Crippen MR) is 115 cm³/mol. The molecule has 3 rings (SSSR count). The summed E-state index contributed by atoms with van der Waals surface area (Å²) in [4.78, 5) is 48.5. The van der Waals surface area contributed by atoms with Crippen LogP contribution in [0.25, 0.3) is 6.08 Å². The molecule has 148 valence electrons. The van der Waals surface area contributed by atoms with Crippen molar-refractivity contribution in [2.45, 2.75) is 6.92 Å². The molecule has 1 aliphatic heterocycles. The first-order valence-corrected chi connectivity index (χ1v) is 9.82. The Morgan fingerprint density at radius 1 is 1.24 bits per heavy atom.